The van der Waals surface area contributed by atoms with Gasteiger partial charge in [0.25, 0.3) is 0 Å². The van der Waals surface area contributed by atoms with Crippen molar-refractivity contribution >= 4 is 17.0 Å². The second kappa shape index (κ2) is 4.39. The quantitative estimate of drug-likeness (QED) is 0.805. The van der Waals surface area contributed by atoms with Crippen LogP contribution in [-0.2, 0) is 7.05 Å². The number of nitrogens with zero attached hydrogens (tertiary/aromatic N) is 6. The van der Waals surface area contributed by atoms with Crippen molar-refractivity contribution in [2.45, 2.75) is 18.6 Å². The van der Waals surface area contributed by atoms with Crippen molar-refractivity contribution in [3.8, 4) is 0 Å². The minimum absolute atomic E-state index is 0.148. The van der Waals surface area contributed by atoms with Crippen molar-refractivity contribution < 1.29 is 5.11 Å². The van der Waals surface area contributed by atoms with Crippen molar-refractivity contribution in [1.29, 1.82) is 0 Å². The second-order valence-corrected chi connectivity index (χ2v) is 5.72. The molecule has 1 atom stereocenters. The van der Waals surface area contributed by atoms with Gasteiger partial charge in [-0.1, -0.05) is 0 Å². The van der Waals surface area contributed by atoms with E-state index < -0.39 is 0 Å². The Hall–Kier alpha value is -1.73. The van der Waals surface area contributed by atoms with Crippen LogP contribution in [0.15, 0.2) is 12.7 Å². The van der Waals surface area contributed by atoms with E-state index in [1.807, 2.05) is 11.6 Å². The van der Waals surface area contributed by atoms with E-state index in [4.69, 9.17) is 0 Å². The molecule has 0 radical (unpaired) electrons. The number of β-amino-alcohol motifs (C(OH)–C–C–N with tert-alkyl or cyclic N) is 1. The van der Waals surface area contributed by atoms with Gasteiger partial charge in [0.15, 0.2) is 17.0 Å². The molecule has 4 rings (SSSR count). The molecule has 20 heavy (non-hydrogen) atoms. The van der Waals surface area contributed by atoms with Crippen LogP contribution < -0.4 is 4.90 Å². The summed E-state index contributed by atoms with van der Waals surface area (Å²) in [4.78, 5) is 17.7. The van der Waals surface area contributed by atoms with E-state index in [1.54, 1.807) is 12.7 Å². The summed E-state index contributed by atoms with van der Waals surface area (Å²) in [5.74, 6) is 0.923. The molecule has 0 amide bonds. The molecule has 106 valence electrons. The van der Waals surface area contributed by atoms with Gasteiger partial charge < -0.3 is 14.6 Å². The van der Waals surface area contributed by atoms with Gasteiger partial charge in [0.2, 0.25) is 0 Å². The standard InChI is InChI=1S/C13H18N6O/c1-17-8-16-11-12(17)14-7-15-13(11)19-4-9(5-19)18-3-2-10(20)6-18/h7-10,20H,2-6H2,1H3/t10-/m1/s1. The highest BCUT2D eigenvalue weighted by Gasteiger charge is 2.36. The summed E-state index contributed by atoms with van der Waals surface area (Å²) in [6.07, 6.45) is 4.13. The lowest BCUT2D eigenvalue weighted by molar-refractivity contribution is 0.147. The van der Waals surface area contributed by atoms with Gasteiger partial charge in [-0.2, -0.15) is 0 Å². The Kier molecular flexibility index (Phi) is 2.64. The van der Waals surface area contributed by atoms with E-state index in [9.17, 15) is 5.11 Å². The van der Waals surface area contributed by atoms with Crippen LogP contribution in [0.5, 0.6) is 0 Å². The van der Waals surface area contributed by atoms with Gasteiger partial charge in [-0.25, -0.2) is 15.0 Å². The summed E-state index contributed by atoms with van der Waals surface area (Å²) in [5.41, 5.74) is 1.74. The fourth-order valence-corrected chi connectivity index (χ4v) is 3.12. The summed E-state index contributed by atoms with van der Waals surface area (Å²) < 4.78 is 1.91. The minimum Gasteiger partial charge on any atom is -0.392 e. The number of hydrogen-bond acceptors (Lipinski definition) is 6. The van der Waals surface area contributed by atoms with Crippen molar-refractivity contribution in [1.82, 2.24) is 24.4 Å². The Labute approximate surface area is 116 Å². The van der Waals surface area contributed by atoms with Crippen LogP contribution in [-0.4, -0.2) is 67.9 Å². The minimum atomic E-state index is -0.148. The van der Waals surface area contributed by atoms with E-state index in [0.717, 1.165) is 49.6 Å². The molecule has 4 heterocycles. The first-order valence-corrected chi connectivity index (χ1v) is 7.01. The Bertz CT molecular complexity index is 635. The lowest BCUT2D eigenvalue weighted by Crippen LogP contribution is -2.59. The number of aliphatic hydroxyl groups excluding tert-OH is 1. The number of aryl methyl sites for hydroxylation is 1. The lowest BCUT2D eigenvalue weighted by atomic mass is 10.1. The lowest BCUT2D eigenvalue weighted by Gasteiger charge is -2.44. The Morgan fingerprint density at radius 3 is 2.80 bits per heavy atom. The maximum atomic E-state index is 9.61. The predicted molar refractivity (Wildman–Crippen MR) is 74.5 cm³/mol. The highest BCUT2D eigenvalue weighted by molar-refractivity contribution is 5.83. The van der Waals surface area contributed by atoms with Crippen molar-refractivity contribution in [3.05, 3.63) is 12.7 Å². The average molecular weight is 274 g/mol. The zero-order chi connectivity index (χ0) is 13.7. The molecule has 0 bridgehead atoms. The van der Waals surface area contributed by atoms with Gasteiger partial charge in [0, 0.05) is 39.3 Å². The third-order valence-corrected chi connectivity index (χ3v) is 4.35. The van der Waals surface area contributed by atoms with Crippen LogP contribution in [0.25, 0.3) is 11.2 Å². The smallest absolute Gasteiger partial charge is 0.165 e. The summed E-state index contributed by atoms with van der Waals surface area (Å²) >= 11 is 0. The molecule has 2 saturated heterocycles. The van der Waals surface area contributed by atoms with E-state index >= 15 is 0 Å². The number of likely N-dealkylation sites (tertiary alicyclic amines) is 1. The first-order chi connectivity index (χ1) is 9.72. The number of aliphatic hydroxyl groups is 1. The number of hydrogen-bond donors (Lipinski definition) is 1. The molecule has 0 saturated carbocycles. The van der Waals surface area contributed by atoms with Crippen molar-refractivity contribution in [2.24, 2.45) is 7.05 Å². The maximum Gasteiger partial charge on any atom is 0.165 e. The highest BCUT2D eigenvalue weighted by Crippen LogP contribution is 2.28. The number of anilines is 1. The molecule has 0 unspecified atom stereocenters. The largest absolute Gasteiger partial charge is 0.392 e. The van der Waals surface area contributed by atoms with Crippen LogP contribution >= 0.6 is 0 Å². The molecule has 2 aliphatic heterocycles. The monoisotopic (exact) mass is 274 g/mol. The van der Waals surface area contributed by atoms with Crippen molar-refractivity contribution in [3.63, 3.8) is 0 Å². The highest BCUT2D eigenvalue weighted by atomic mass is 16.3. The van der Waals surface area contributed by atoms with Crippen LogP contribution in [0.1, 0.15) is 6.42 Å². The van der Waals surface area contributed by atoms with Crippen LogP contribution in [0.4, 0.5) is 5.82 Å². The molecule has 0 spiro atoms. The zero-order valence-electron chi connectivity index (χ0n) is 11.5. The molecule has 7 heteroatoms. The van der Waals surface area contributed by atoms with Crippen LogP contribution in [0, 0.1) is 0 Å². The van der Waals surface area contributed by atoms with E-state index in [1.165, 1.54) is 0 Å². The van der Waals surface area contributed by atoms with Crippen molar-refractivity contribution in [2.75, 3.05) is 31.1 Å². The van der Waals surface area contributed by atoms with E-state index in [-0.39, 0.29) is 6.10 Å². The van der Waals surface area contributed by atoms with E-state index in [2.05, 4.69) is 24.8 Å². The molecule has 7 nitrogen and oxygen atoms in total. The number of fused-ring (bicyclic) bond motifs is 1. The first-order valence-electron chi connectivity index (χ1n) is 7.01. The number of imidazole rings is 1. The third-order valence-electron chi connectivity index (χ3n) is 4.35. The maximum absolute atomic E-state index is 9.61. The van der Waals surface area contributed by atoms with Crippen LogP contribution in [0.3, 0.4) is 0 Å². The molecule has 2 aliphatic rings. The Balaban J connectivity index is 1.52. The Morgan fingerprint density at radius 1 is 1.20 bits per heavy atom. The Morgan fingerprint density at radius 2 is 2.05 bits per heavy atom. The molecule has 2 fully saturated rings. The van der Waals surface area contributed by atoms with Crippen LogP contribution in [0.2, 0.25) is 0 Å². The van der Waals surface area contributed by atoms with Gasteiger partial charge in [-0.3, -0.25) is 4.90 Å². The van der Waals surface area contributed by atoms with Gasteiger partial charge in [0.1, 0.15) is 6.33 Å². The molecular weight excluding hydrogens is 256 g/mol. The predicted octanol–water partition coefficient (Wildman–Crippen LogP) is -0.382. The third kappa shape index (κ3) is 1.77. The van der Waals surface area contributed by atoms with Gasteiger partial charge >= 0.3 is 0 Å². The van der Waals surface area contributed by atoms with Gasteiger partial charge in [-0.15, -0.1) is 0 Å². The molecule has 0 aliphatic carbocycles. The molecular formula is C13H18N6O. The summed E-state index contributed by atoms with van der Waals surface area (Å²) in [6.45, 7) is 3.72. The molecule has 2 aromatic rings. The number of aromatic nitrogens is 4. The fraction of sp³-hybridized carbons (Fsp3) is 0.615. The van der Waals surface area contributed by atoms with Gasteiger partial charge in [0.05, 0.1) is 12.4 Å². The van der Waals surface area contributed by atoms with E-state index in [0.29, 0.717) is 6.04 Å². The molecule has 0 aromatic carbocycles. The zero-order valence-corrected chi connectivity index (χ0v) is 11.5. The second-order valence-electron chi connectivity index (χ2n) is 5.72. The SMILES string of the molecule is Cn1cnc2c(N3CC(N4CC[C@@H](O)C4)C3)ncnc21. The average Bonchev–Trinajstić information content (AvgIpc) is 2.96. The molecule has 2 aromatic heterocycles. The topological polar surface area (TPSA) is 70.3 Å². The fourth-order valence-electron chi connectivity index (χ4n) is 3.12. The molecule has 1 N–H and O–H groups in total. The summed E-state index contributed by atoms with van der Waals surface area (Å²) in [7, 11) is 1.94. The number of rotatable bonds is 2. The summed E-state index contributed by atoms with van der Waals surface area (Å²) in [6, 6.07) is 0.529. The normalized spacial score (nSPS) is 24.5. The van der Waals surface area contributed by atoms with Gasteiger partial charge in [-0.05, 0) is 6.42 Å². The first kappa shape index (κ1) is 12.0. The summed E-state index contributed by atoms with van der Waals surface area (Å²) in [5, 5.41) is 9.61.